The molecule has 0 fully saturated rings. The van der Waals surface area contributed by atoms with E-state index >= 15 is 0 Å². The molecule has 2 heteroatoms. The second kappa shape index (κ2) is 6.41. The van der Waals surface area contributed by atoms with E-state index in [-0.39, 0.29) is 0 Å². The van der Waals surface area contributed by atoms with Crippen molar-refractivity contribution < 1.29 is 0 Å². The van der Waals surface area contributed by atoms with E-state index in [1.54, 1.807) is 9.81 Å². The minimum absolute atomic E-state index is 1.18. The molecule has 1 aliphatic heterocycles. The van der Waals surface area contributed by atoms with Crippen LogP contribution in [0.5, 0.6) is 0 Å². The van der Waals surface area contributed by atoms with E-state index in [1.165, 1.54) is 36.3 Å². The lowest BCUT2D eigenvalue weighted by Crippen LogP contribution is -1.88. The van der Waals surface area contributed by atoms with E-state index in [4.69, 9.17) is 0 Å². The molecule has 1 heterocycles. The van der Waals surface area contributed by atoms with Gasteiger partial charge in [0.1, 0.15) is 0 Å². The summed E-state index contributed by atoms with van der Waals surface area (Å²) < 4.78 is 0. The Morgan fingerprint density at radius 1 is 1.00 bits per heavy atom. The fraction of sp³-hybridized carbons (Fsp3) is 0.429. The minimum Gasteiger partial charge on any atom is -0.130 e. The number of hydrogen-bond donors (Lipinski definition) is 0. The zero-order chi connectivity index (χ0) is 11.2. The predicted octanol–water partition coefficient (Wildman–Crippen LogP) is 4.72. The van der Waals surface area contributed by atoms with Gasteiger partial charge in [0.05, 0.1) is 0 Å². The molecule has 0 saturated heterocycles. The maximum absolute atomic E-state index is 2.28. The van der Waals surface area contributed by atoms with Crippen LogP contribution >= 0.6 is 23.5 Å². The van der Waals surface area contributed by atoms with Crippen molar-refractivity contribution in [3.63, 3.8) is 0 Å². The maximum atomic E-state index is 2.28. The Kier molecular flexibility index (Phi) is 4.86. The summed E-state index contributed by atoms with van der Waals surface area (Å²) in [4.78, 5) is 3.17. The van der Waals surface area contributed by atoms with Crippen LogP contribution in [0, 0.1) is 0 Å². The molecule has 0 radical (unpaired) electrons. The molecule has 0 spiro atoms. The van der Waals surface area contributed by atoms with E-state index in [0.29, 0.717) is 0 Å². The molecule has 16 heavy (non-hydrogen) atoms. The van der Waals surface area contributed by atoms with Crippen molar-refractivity contribution in [1.82, 2.24) is 0 Å². The van der Waals surface area contributed by atoms with Gasteiger partial charge < -0.3 is 0 Å². The zero-order valence-corrected chi connectivity index (χ0v) is 11.4. The van der Waals surface area contributed by atoms with Crippen molar-refractivity contribution in [3.05, 3.63) is 45.7 Å². The molecule has 0 atom stereocenters. The summed E-state index contributed by atoms with van der Waals surface area (Å²) in [6.07, 6.45) is 3.75. The SMILES string of the molecule is CC1=C(CCc2ccccc2)SCCCS1. The van der Waals surface area contributed by atoms with Crippen LogP contribution in [0.1, 0.15) is 25.3 Å². The van der Waals surface area contributed by atoms with Crippen molar-refractivity contribution in [2.45, 2.75) is 26.2 Å². The van der Waals surface area contributed by atoms with E-state index in [1.807, 2.05) is 11.8 Å². The third-order valence-corrected chi connectivity index (χ3v) is 5.41. The van der Waals surface area contributed by atoms with Gasteiger partial charge in [0, 0.05) is 0 Å². The molecule has 0 saturated carbocycles. The normalized spacial score (nSPS) is 17.3. The van der Waals surface area contributed by atoms with Crippen LogP contribution in [0.3, 0.4) is 0 Å². The molecule has 0 aromatic heterocycles. The molecule has 0 nitrogen and oxygen atoms in total. The van der Waals surface area contributed by atoms with Gasteiger partial charge >= 0.3 is 0 Å². The molecule has 86 valence electrons. The van der Waals surface area contributed by atoms with Crippen LogP contribution < -0.4 is 0 Å². The Balaban J connectivity index is 1.94. The second-order valence-corrected chi connectivity index (χ2v) is 6.51. The largest absolute Gasteiger partial charge is 0.130 e. The molecule has 0 unspecified atom stereocenters. The molecular formula is C14H18S2. The lowest BCUT2D eigenvalue weighted by Gasteiger charge is -2.08. The van der Waals surface area contributed by atoms with Crippen LogP contribution in [0.2, 0.25) is 0 Å². The molecule has 0 amide bonds. The average molecular weight is 250 g/mol. The highest BCUT2D eigenvalue weighted by Crippen LogP contribution is 2.34. The lowest BCUT2D eigenvalue weighted by atomic mass is 10.1. The first kappa shape index (κ1) is 12.1. The monoisotopic (exact) mass is 250 g/mol. The van der Waals surface area contributed by atoms with Gasteiger partial charge in [0.25, 0.3) is 0 Å². The first-order valence-electron chi connectivity index (χ1n) is 5.85. The highest BCUT2D eigenvalue weighted by Gasteiger charge is 2.08. The van der Waals surface area contributed by atoms with Crippen LogP contribution in [0.15, 0.2) is 40.1 Å². The molecular weight excluding hydrogens is 232 g/mol. The third-order valence-electron chi connectivity index (χ3n) is 2.76. The fourth-order valence-corrected chi connectivity index (χ4v) is 4.19. The number of benzene rings is 1. The Morgan fingerprint density at radius 2 is 1.75 bits per heavy atom. The highest BCUT2D eigenvalue weighted by molar-refractivity contribution is 8.07. The number of allylic oxidation sites excluding steroid dienone is 2. The molecule has 1 aromatic carbocycles. The van der Waals surface area contributed by atoms with Gasteiger partial charge in [-0.1, -0.05) is 30.3 Å². The van der Waals surface area contributed by atoms with Crippen molar-refractivity contribution in [2.24, 2.45) is 0 Å². The molecule has 2 rings (SSSR count). The molecule has 0 N–H and O–H groups in total. The Bertz CT molecular complexity index is 354. The summed E-state index contributed by atoms with van der Waals surface area (Å²) >= 11 is 4.11. The number of rotatable bonds is 3. The Hall–Kier alpha value is -0.340. The average Bonchev–Trinajstić information content (AvgIpc) is 2.53. The summed E-state index contributed by atoms with van der Waals surface area (Å²) in [6.45, 7) is 2.28. The van der Waals surface area contributed by atoms with Gasteiger partial charge in [-0.3, -0.25) is 0 Å². The van der Waals surface area contributed by atoms with Gasteiger partial charge in [0.2, 0.25) is 0 Å². The number of hydrogen-bond acceptors (Lipinski definition) is 2. The standard InChI is InChI=1S/C14H18S2/c1-12-14(16-11-5-10-15-12)9-8-13-6-3-2-4-7-13/h2-4,6-7H,5,8-11H2,1H3. The van der Waals surface area contributed by atoms with Crippen molar-refractivity contribution >= 4 is 23.5 Å². The van der Waals surface area contributed by atoms with Gasteiger partial charge in [-0.15, -0.1) is 23.5 Å². The first-order valence-corrected chi connectivity index (χ1v) is 7.82. The molecule has 0 aliphatic carbocycles. The smallest absolute Gasteiger partial charge is 0.00150 e. The highest BCUT2D eigenvalue weighted by atomic mass is 32.2. The minimum atomic E-state index is 1.18. The summed E-state index contributed by atoms with van der Waals surface area (Å²) in [6, 6.07) is 10.8. The van der Waals surface area contributed by atoms with Crippen LogP contribution in [-0.4, -0.2) is 11.5 Å². The summed E-state index contributed by atoms with van der Waals surface area (Å²) in [5, 5.41) is 0. The maximum Gasteiger partial charge on any atom is -0.00150 e. The van der Waals surface area contributed by atoms with Crippen molar-refractivity contribution in [2.75, 3.05) is 11.5 Å². The summed E-state index contributed by atoms with van der Waals surface area (Å²) in [5.41, 5.74) is 1.46. The third kappa shape index (κ3) is 3.60. The van der Waals surface area contributed by atoms with E-state index in [2.05, 4.69) is 49.0 Å². The second-order valence-electron chi connectivity index (χ2n) is 4.02. The van der Waals surface area contributed by atoms with Crippen molar-refractivity contribution in [1.29, 1.82) is 0 Å². The van der Waals surface area contributed by atoms with Crippen LogP contribution in [0.25, 0.3) is 0 Å². The topological polar surface area (TPSA) is 0 Å². The molecule has 1 aliphatic rings. The van der Waals surface area contributed by atoms with Crippen molar-refractivity contribution in [3.8, 4) is 0 Å². The lowest BCUT2D eigenvalue weighted by molar-refractivity contribution is 0.984. The fourth-order valence-electron chi connectivity index (χ4n) is 1.81. The summed E-state index contributed by atoms with van der Waals surface area (Å²) in [5.74, 6) is 2.60. The number of aryl methyl sites for hydroxylation is 1. The van der Waals surface area contributed by atoms with Gasteiger partial charge in [-0.05, 0) is 53.1 Å². The Labute approximate surface area is 107 Å². The predicted molar refractivity (Wildman–Crippen MR) is 77.0 cm³/mol. The molecule has 1 aromatic rings. The van der Waals surface area contributed by atoms with Crippen LogP contribution in [-0.2, 0) is 6.42 Å². The van der Waals surface area contributed by atoms with Gasteiger partial charge in [-0.2, -0.15) is 0 Å². The first-order chi connectivity index (χ1) is 7.86. The van der Waals surface area contributed by atoms with Gasteiger partial charge in [-0.25, -0.2) is 0 Å². The zero-order valence-electron chi connectivity index (χ0n) is 9.74. The Morgan fingerprint density at radius 3 is 2.56 bits per heavy atom. The summed E-state index contributed by atoms with van der Waals surface area (Å²) in [7, 11) is 0. The van der Waals surface area contributed by atoms with Crippen LogP contribution in [0.4, 0.5) is 0 Å². The number of thioether (sulfide) groups is 2. The quantitative estimate of drug-likeness (QED) is 0.761. The van der Waals surface area contributed by atoms with Gasteiger partial charge in [0.15, 0.2) is 0 Å². The molecule has 0 bridgehead atoms. The van der Waals surface area contributed by atoms with E-state index in [0.717, 1.165) is 0 Å². The van der Waals surface area contributed by atoms with E-state index < -0.39 is 0 Å². The van der Waals surface area contributed by atoms with E-state index in [9.17, 15) is 0 Å².